The molecule has 23 heavy (non-hydrogen) atoms. The fourth-order valence-corrected chi connectivity index (χ4v) is 2.97. The summed E-state index contributed by atoms with van der Waals surface area (Å²) in [5.74, 6) is 0.198. The van der Waals surface area contributed by atoms with Gasteiger partial charge < -0.3 is 14.2 Å². The fraction of sp³-hybridized carbons (Fsp3) is 0.529. The van der Waals surface area contributed by atoms with E-state index in [1.807, 2.05) is 37.8 Å². The van der Waals surface area contributed by atoms with Crippen molar-refractivity contribution in [3.8, 4) is 0 Å². The third-order valence-corrected chi connectivity index (χ3v) is 4.27. The van der Waals surface area contributed by atoms with Crippen LogP contribution in [-0.4, -0.2) is 42.0 Å². The molecule has 1 aliphatic rings. The average molecular weight is 336 g/mol. The predicted octanol–water partition coefficient (Wildman–Crippen LogP) is 3.57. The van der Waals surface area contributed by atoms with Crippen molar-refractivity contribution in [3.05, 3.63) is 23.2 Å². The number of carbonyl (C=O) groups is 1. The third kappa shape index (κ3) is 3.44. The molecule has 5 nitrogen and oxygen atoms in total. The van der Waals surface area contributed by atoms with Crippen LogP contribution in [0.25, 0.3) is 11.1 Å². The number of hydrogen-bond donors (Lipinski definition) is 0. The molecule has 124 valence electrons. The molecule has 0 spiro atoms. The number of amides is 1. The molecule has 0 unspecified atom stereocenters. The second kappa shape index (κ2) is 6.04. The summed E-state index contributed by atoms with van der Waals surface area (Å²) < 4.78 is 5.83. The Kier molecular flexibility index (Phi) is 4.23. The summed E-state index contributed by atoms with van der Waals surface area (Å²) in [6.45, 7) is 8.90. The van der Waals surface area contributed by atoms with Crippen LogP contribution in [0.4, 0.5) is 6.01 Å². The largest absolute Gasteiger partial charge is 0.423 e. The van der Waals surface area contributed by atoms with Crippen LogP contribution < -0.4 is 4.90 Å². The number of aromatic nitrogens is 1. The average Bonchev–Trinajstić information content (AvgIpc) is 2.74. The maximum atomic E-state index is 12.4. The van der Waals surface area contributed by atoms with Crippen molar-refractivity contribution in [3.63, 3.8) is 0 Å². The van der Waals surface area contributed by atoms with Crippen molar-refractivity contribution < 1.29 is 9.21 Å². The minimum Gasteiger partial charge on any atom is -0.423 e. The van der Waals surface area contributed by atoms with Crippen LogP contribution in [-0.2, 0) is 4.79 Å². The summed E-state index contributed by atoms with van der Waals surface area (Å²) >= 11 is 5.99. The van der Waals surface area contributed by atoms with E-state index in [-0.39, 0.29) is 11.3 Å². The van der Waals surface area contributed by atoms with E-state index in [0.29, 0.717) is 23.2 Å². The van der Waals surface area contributed by atoms with Crippen molar-refractivity contribution in [2.24, 2.45) is 5.41 Å². The molecular weight excluding hydrogens is 314 g/mol. The molecule has 6 heteroatoms. The molecule has 1 fully saturated rings. The lowest BCUT2D eigenvalue weighted by atomic mass is 9.94. The van der Waals surface area contributed by atoms with Gasteiger partial charge in [-0.05, 0) is 18.6 Å². The van der Waals surface area contributed by atoms with E-state index in [2.05, 4.69) is 9.88 Å². The van der Waals surface area contributed by atoms with Crippen LogP contribution in [0.1, 0.15) is 27.2 Å². The van der Waals surface area contributed by atoms with E-state index in [4.69, 9.17) is 16.0 Å². The van der Waals surface area contributed by atoms with Gasteiger partial charge >= 0.3 is 0 Å². The van der Waals surface area contributed by atoms with E-state index in [1.165, 1.54) is 0 Å². The highest BCUT2D eigenvalue weighted by Crippen LogP contribution is 2.26. The van der Waals surface area contributed by atoms with Crippen LogP contribution in [0, 0.1) is 5.41 Å². The molecule has 1 aliphatic heterocycles. The lowest BCUT2D eigenvalue weighted by Gasteiger charge is -2.28. The van der Waals surface area contributed by atoms with Crippen LogP contribution in [0.3, 0.4) is 0 Å². The van der Waals surface area contributed by atoms with Crippen LogP contribution in [0.2, 0.25) is 5.02 Å². The predicted molar refractivity (Wildman–Crippen MR) is 91.9 cm³/mol. The lowest BCUT2D eigenvalue weighted by Crippen LogP contribution is -2.41. The molecule has 0 N–H and O–H groups in total. The van der Waals surface area contributed by atoms with Crippen LogP contribution in [0.5, 0.6) is 0 Å². The van der Waals surface area contributed by atoms with Crippen molar-refractivity contribution in [2.75, 3.05) is 31.1 Å². The van der Waals surface area contributed by atoms with Gasteiger partial charge in [0, 0.05) is 42.7 Å². The minimum absolute atomic E-state index is 0.198. The number of carbonyl (C=O) groups excluding carboxylic acids is 1. The van der Waals surface area contributed by atoms with Gasteiger partial charge in [-0.15, -0.1) is 0 Å². The van der Waals surface area contributed by atoms with Crippen molar-refractivity contribution in [1.29, 1.82) is 0 Å². The maximum Gasteiger partial charge on any atom is 0.298 e. The zero-order valence-corrected chi connectivity index (χ0v) is 14.6. The van der Waals surface area contributed by atoms with Crippen molar-refractivity contribution in [2.45, 2.75) is 27.2 Å². The number of rotatable bonds is 1. The molecule has 1 aromatic carbocycles. The molecule has 3 rings (SSSR count). The number of benzene rings is 1. The van der Waals surface area contributed by atoms with Gasteiger partial charge in [-0.1, -0.05) is 32.4 Å². The van der Waals surface area contributed by atoms with E-state index in [9.17, 15) is 4.79 Å². The Hall–Kier alpha value is -1.75. The topological polar surface area (TPSA) is 49.6 Å². The Morgan fingerprint density at radius 2 is 2.00 bits per heavy atom. The summed E-state index contributed by atoms with van der Waals surface area (Å²) in [5, 5.41) is 0.637. The lowest BCUT2D eigenvalue weighted by molar-refractivity contribution is -0.139. The molecule has 1 aromatic heterocycles. The molecule has 0 radical (unpaired) electrons. The number of oxazole rings is 1. The van der Waals surface area contributed by atoms with Gasteiger partial charge in [-0.2, -0.15) is 4.98 Å². The molecule has 1 amide bonds. The monoisotopic (exact) mass is 335 g/mol. The minimum atomic E-state index is -0.344. The number of nitrogens with zero attached hydrogens (tertiary/aromatic N) is 3. The molecular formula is C17H22ClN3O2. The first-order valence-electron chi connectivity index (χ1n) is 7.95. The van der Waals surface area contributed by atoms with E-state index in [1.54, 1.807) is 6.07 Å². The number of fused-ring (bicyclic) bond motifs is 1. The first-order chi connectivity index (χ1) is 10.8. The van der Waals surface area contributed by atoms with E-state index in [0.717, 1.165) is 31.6 Å². The zero-order valence-electron chi connectivity index (χ0n) is 13.8. The second-order valence-electron chi connectivity index (χ2n) is 6.99. The first-order valence-corrected chi connectivity index (χ1v) is 8.33. The standard InChI is InChI=1S/C17H22ClN3O2/c1-17(2,3)15(22)20-7-4-8-21(10-9-20)16-19-13-6-5-12(18)11-14(13)23-16/h5-6,11H,4,7-10H2,1-3H3. The molecule has 2 heterocycles. The smallest absolute Gasteiger partial charge is 0.298 e. The molecule has 0 aliphatic carbocycles. The van der Waals surface area contributed by atoms with Gasteiger partial charge in [-0.3, -0.25) is 4.79 Å². The van der Waals surface area contributed by atoms with Crippen molar-refractivity contribution >= 4 is 34.6 Å². The van der Waals surface area contributed by atoms with Gasteiger partial charge in [0.05, 0.1) is 0 Å². The number of anilines is 1. The Morgan fingerprint density at radius 3 is 2.74 bits per heavy atom. The summed E-state index contributed by atoms with van der Waals surface area (Å²) in [6, 6.07) is 6.05. The number of halogens is 1. The van der Waals surface area contributed by atoms with Gasteiger partial charge in [-0.25, -0.2) is 0 Å². The maximum absolute atomic E-state index is 12.4. The molecule has 1 saturated heterocycles. The summed E-state index contributed by atoms with van der Waals surface area (Å²) in [7, 11) is 0. The Bertz CT molecular complexity index is 720. The normalized spacial score (nSPS) is 16.7. The summed E-state index contributed by atoms with van der Waals surface area (Å²) in [4.78, 5) is 21.0. The van der Waals surface area contributed by atoms with Crippen molar-refractivity contribution in [1.82, 2.24) is 9.88 Å². The Morgan fingerprint density at radius 1 is 1.22 bits per heavy atom. The second-order valence-corrected chi connectivity index (χ2v) is 7.43. The van der Waals surface area contributed by atoms with Crippen LogP contribution >= 0.6 is 11.6 Å². The first kappa shape index (κ1) is 16.1. The molecule has 2 aromatic rings. The molecule has 0 saturated carbocycles. The fourth-order valence-electron chi connectivity index (χ4n) is 2.81. The quantitative estimate of drug-likeness (QED) is 0.799. The third-order valence-electron chi connectivity index (χ3n) is 4.03. The summed E-state index contributed by atoms with van der Waals surface area (Å²) in [5.41, 5.74) is 1.15. The van der Waals surface area contributed by atoms with Gasteiger partial charge in [0.1, 0.15) is 5.52 Å². The summed E-state index contributed by atoms with van der Waals surface area (Å²) in [6.07, 6.45) is 0.904. The molecule has 0 atom stereocenters. The van der Waals surface area contributed by atoms with Crippen LogP contribution in [0.15, 0.2) is 22.6 Å². The SMILES string of the molecule is CC(C)(C)C(=O)N1CCCN(c2nc3ccc(Cl)cc3o2)CC1. The number of hydrogen-bond acceptors (Lipinski definition) is 4. The Labute approximate surface area is 141 Å². The van der Waals surface area contributed by atoms with Gasteiger partial charge in [0.25, 0.3) is 6.01 Å². The molecule has 0 bridgehead atoms. The highest BCUT2D eigenvalue weighted by Gasteiger charge is 2.29. The van der Waals surface area contributed by atoms with E-state index < -0.39 is 0 Å². The highest BCUT2D eigenvalue weighted by molar-refractivity contribution is 6.31. The Balaban J connectivity index is 1.75. The van der Waals surface area contributed by atoms with Gasteiger partial charge in [0.15, 0.2) is 5.58 Å². The highest BCUT2D eigenvalue weighted by atomic mass is 35.5. The zero-order chi connectivity index (χ0) is 16.6. The van der Waals surface area contributed by atoms with E-state index >= 15 is 0 Å². The van der Waals surface area contributed by atoms with Gasteiger partial charge in [0.2, 0.25) is 5.91 Å².